The molecule has 0 bridgehead atoms. The van der Waals surface area contributed by atoms with Crippen LogP contribution in [-0.2, 0) is 4.74 Å². The van der Waals surface area contributed by atoms with E-state index in [9.17, 15) is 5.11 Å². The fourth-order valence-electron chi connectivity index (χ4n) is 2.63. The summed E-state index contributed by atoms with van der Waals surface area (Å²) in [4.78, 5) is 2.36. The number of β-amino-alcohol motifs (C(OH)–C–C–N with tert-alkyl or cyclic N) is 1. The molecule has 2 aliphatic heterocycles. The Hall–Kier alpha value is -0.160. The van der Waals surface area contributed by atoms with Crippen molar-refractivity contribution >= 4 is 0 Å². The summed E-state index contributed by atoms with van der Waals surface area (Å²) in [5.41, 5.74) is 0. The van der Waals surface area contributed by atoms with Crippen LogP contribution in [0.25, 0.3) is 0 Å². The first kappa shape index (κ1) is 12.3. The van der Waals surface area contributed by atoms with E-state index in [1.807, 2.05) is 0 Å². The van der Waals surface area contributed by atoms with Gasteiger partial charge in [-0.05, 0) is 25.2 Å². The van der Waals surface area contributed by atoms with Gasteiger partial charge in [-0.1, -0.05) is 0 Å². The Morgan fingerprint density at radius 3 is 2.62 bits per heavy atom. The number of piperazine rings is 1. The highest BCUT2D eigenvalue weighted by molar-refractivity contribution is 4.74. The summed E-state index contributed by atoms with van der Waals surface area (Å²) >= 11 is 0. The van der Waals surface area contributed by atoms with Gasteiger partial charge in [0.15, 0.2) is 0 Å². The van der Waals surface area contributed by atoms with Crippen molar-refractivity contribution in [2.24, 2.45) is 5.92 Å². The first-order valence-corrected chi connectivity index (χ1v) is 6.53. The summed E-state index contributed by atoms with van der Waals surface area (Å²) in [6.45, 7) is 6.87. The molecule has 2 fully saturated rings. The minimum atomic E-state index is -0.152. The van der Waals surface area contributed by atoms with Crippen molar-refractivity contribution in [3.8, 4) is 0 Å². The van der Waals surface area contributed by atoms with E-state index < -0.39 is 0 Å². The van der Waals surface area contributed by atoms with Crippen LogP contribution in [0, 0.1) is 5.92 Å². The highest BCUT2D eigenvalue weighted by Gasteiger charge is 2.20. The Kier molecular flexibility index (Phi) is 5.03. The number of rotatable bonds is 4. The molecule has 0 aliphatic carbocycles. The van der Waals surface area contributed by atoms with Crippen LogP contribution in [0.15, 0.2) is 0 Å². The minimum Gasteiger partial charge on any atom is -0.392 e. The second-order valence-corrected chi connectivity index (χ2v) is 5.00. The maximum atomic E-state index is 10.1. The Balaban J connectivity index is 1.64. The van der Waals surface area contributed by atoms with Crippen molar-refractivity contribution in [1.29, 1.82) is 0 Å². The standard InChI is InChI=1S/C12H24N2O2/c15-12(9-11-1-7-16-8-2-11)10-14-5-3-13-4-6-14/h11-13,15H,1-10H2. The number of aliphatic hydroxyl groups is 1. The molecule has 0 saturated carbocycles. The van der Waals surface area contributed by atoms with Gasteiger partial charge in [0, 0.05) is 45.9 Å². The summed E-state index contributed by atoms with van der Waals surface area (Å²) in [7, 11) is 0. The van der Waals surface area contributed by atoms with Gasteiger partial charge in [0.25, 0.3) is 0 Å². The van der Waals surface area contributed by atoms with Gasteiger partial charge in [0.2, 0.25) is 0 Å². The number of hydrogen-bond donors (Lipinski definition) is 2. The monoisotopic (exact) mass is 228 g/mol. The number of nitrogens with one attached hydrogen (secondary N) is 1. The van der Waals surface area contributed by atoms with Gasteiger partial charge in [-0.2, -0.15) is 0 Å². The number of nitrogens with zero attached hydrogens (tertiary/aromatic N) is 1. The SMILES string of the molecule is OC(CC1CCOCC1)CN1CCNCC1. The molecule has 2 aliphatic rings. The van der Waals surface area contributed by atoms with Gasteiger partial charge in [-0.25, -0.2) is 0 Å². The summed E-state index contributed by atoms with van der Waals surface area (Å²) in [6.07, 6.45) is 3.05. The Morgan fingerprint density at radius 1 is 1.25 bits per heavy atom. The van der Waals surface area contributed by atoms with Crippen LogP contribution in [0.4, 0.5) is 0 Å². The minimum absolute atomic E-state index is 0.152. The third kappa shape index (κ3) is 4.01. The molecule has 2 saturated heterocycles. The van der Waals surface area contributed by atoms with E-state index in [1.54, 1.807) is 0 Å². The molecule has 0 spiro atoms. The van der Waals surface area contributed by atoms with E-state index in [2.05, 4.69) is 10.2 Å². The Labute approximate surface area is 98.0 Å². The van der Waals surface area contributed by atoms with Crippen molar-refractivity contribution in [2.45, 2.75) is 25.4 Å². The van der Waals surface area contributed by atoms with E-state index in [4.69, 9.17) is 4.74 Å². The van der Waals surface area contributed by atoms with Crippen LogP contribution < -0.4 is 5.32 Å². The van der Waals surface area contributed by atoms with E-state index in [-0.39, 0.29) is 6.10 Å². The molecular formula is C12H24N2O2. The zero-order chi connectivity index (χ0) is 11.2. The van der Waals surface area contributed by atoms with Crippen molar-refractivity contribution in [2.75, 3.05) is 45.9 Å². The van der Waals surface area contributed by atoms with Crippen molar-refractivity contribution in [1.82, 2.24) is 10.2 Å². The highest BCUT2D eigenvalue weighted by Crippen LogP contribution is 2.20. The largest absolute Gasteiger partial charge is 0.392 e. The highest BCUT2D eigenvalue weighted by atomic mass is 16.5. The summed E-state index contributed by atoms with van der Waals surface area (Å²) in [5.74, 6) is 0.673. The van der Waals surface area contributed by atoms with Crippen LogP contribution in [0.1, 0.15) is 19.3 Å². The van der Waals surface area contributed by atoms with Crippen LogP contribution in [0.5, 0.6) is 0 Å². The Bertz CT molecular complexity index is 169. The van der Waals surface area contributed by atoms with Gasteiger partial charge < -0.3 is 15.2 Å². The Morgan fingerprint density at radius 2 is 1.94 bits per heavy atom. The molecule has 0 aromatic rings. The molecule has 0 amide bonds. The second-order valence-electron chi connectivity index (χ2n) is 5.00. The molecule has 1 atom stereocenters. The molecule has 2 heterocycles. The first-order valence-electron chi connectivity index (χ1n) is 6.53. The average Bonchev–Trinajstić information content (AvgIpc) is 2.31. The molecule has 94 valence electrons. The van der Waals surface area contributed by atoms with Gasteiger partial charge in [0.05, 0.1) is 6.10 Å². The van der Waals surface area contributed by atoms with Gasteiger partial charge in [0.1, 0.15) is 0 Å². The molecule has 2 N–H and O–H groups in total. The zero-order valence-electron chi connectivity index (χ0n) is 10.0. The molecule has 4 nitrogen and oxygen atoms in total. The van der Waals surface area contributed by atoms with Crippen LogP contribution in [0.3, 0.4) is 0 Å². The third-order valence-electron chi connectivity index (χ3n) is 3.62. The fourth-order valence-corrected chi connectivity index (χ4v) is 2.63. The summed E-state index contributed by atoms with van der Waals surface area (Å²) in [5, 5.41) is 13.4. The molecular weight excluding hydrogens is 204 g/mol. The number of ether oxygens (including phenoxy) is 1. The second kappa shape index (κ2) is 6.55. The first-order chi connectivity index (χ1) is 7.84. The lowest BCUT2D eigenvalue weighted by molar-refractivity contribution is 0.0326. The predicted molar refractivity (Wildman–Crippen MR) is 63.5 cm³/mol. The quantitative estimate of drug-likeness (QED) is 0.715. The van der Waals surface area contributed by atoms with Crippen molar-refractivity contribution in [3.05, 3.63) is 0 Å². The molecule has 0 aromatic carbocycles. The van der Waals surface area contributed by atoms with Gasteiger partial charge in [-0.3, -0.25) is 4.90 Å². The maximum absolute atomic E-state index is 10.1. The van der Waals surface area contributed by atoms with Crippen LogP contribution in [0.2, 0.25) is 0 Å². The van der Waals surface area contributed by atoms with Crippen LogP contribution >= 0.6 is 0 Å². The lowest BCUT2D eigenvalue weighted by Gasteiger charge is -2.31. The summed E-state index contributed by atoms with van der Waals surface area (Å²) < 4.78 is 5.33. The van der Waals surface area contributed by atoms with Crippen molar-refractivity contribution in [3.63, 3.8) is 0 Å². The van der Waals surface area contributed by atoms with Crippen LogP contribution in [-0.4, -0.2) is 62.0 Å². The lowest BCUT2D eigenvalue weighted by atomic mass is 9.93. The normalized spacial score (nSPS) is 26.8. The summed E-state index contributed by atoms with van der Waals surface area (Å²) in [6, 6.07) is 0. The lowest BCUT2D eigenvalue weighted by Crippen LogP contribution is -2.46. The zero-order valence-corrected chi connectivity index (χ0v) is 10.0. The molecule has 0 radical (unpaired) electrons. The molecule has 1 unspecified atom stereocenters. The molecule has 2 rings (SSSR count). The van der Waals surface area contributed by atoms with Gasteiger partial charge in [-0.15, -0.1) is 0 Å². The fraction of sp³-hybridized carbons (Fsp3) is 1.00. The smallest absolute Gasteiger partial charge is 0.0669 e. The maximum Gasteiger partial charge on any atom is 0.0669 e. The van der Waals surface area contributed by atoms with Gasteiger partial charge >= 0.3 is 0 Å². The topological polar surface area (TPSA) is 44.7 Å². The molecule has 0 aromatic heterocycles. The van der Waals surface area contributed by atoms with E-state index in [1.165, 1.54) is 0 Å². The molecule has 4 heteroatoms. The van der Waals surface area contributed by atoms with E-state index in [0.717, 1.165) is 65.2 Å². The molecule has 16 heavy (non-hydrogen) atoms. The number of hydrogen-bond acceptors (Lipinski definition) is 4. The average molecular weight is 228 g/mol. The third-order valence-corrected chi connectivity index (χ3v) is 3.62. The van der Waals surface area contributed by atoms with Crippen molar-refractivity contribution < 1.29 is 9.84 Å². The van der Waals surface area contributed by atoms with E-state index in [0.29, 0.717) is 5.92 Å². The predicted octanol–water partition coefficient (Wildman–Crippen LogP) is 0.0692. The number of aliphatic hydroxyl groups excluding tert-OH is 1. The van der Waals surface area contributed by atoms with E-state index >= 15 is 0 Å².